The summed E-state index contributed by atoms with van der Waals surface area (Å²) in [7, 11) is 1.73. The summed E-state index contributed by atoms with van der Waals surface area (Å²) >= 11 is 0. The number of halogens is 1. The third-order valence-electron chi connectivity index (χ3n) is 2.52. The van der Waals surface area contributed by atoms with Crippen molar-refractivity contribution in [2.75, 3.05) is 11.9 Å². The van der Waals surface area contributed by atoms with Crippen LogP contribution in [0.3, 0.4) is 0 Å². The summed E-state index contributed by atoms with van der Waals surface area (Å²) in [4.78, 5) is 11.7. The monoisotopic (exact) mass is 250 g/mol. The molecule has 1 aromatic carbocycles. The highest BCUT2D eigenvalue weighted by molar-refractivity contribution is 5.53. The van der Waals surface area contributed by atoms with Crippen LogP contribution in [-0.2, 0) is 6.54 Å². The van der Waals surface area contributed by atoms with Gasteiger partial charge in [-0.15, -0.1) is 0 Å². The van der Waals surface area contributed by atoms with Crippen molar-refractivity contribution in [2.24, 2.45) is 0 Å². The molecule has 0 aliphatic carbocycles. The number of anilines is 1. The third kappa shape index (κ3) is 2.65. The fourth-order valence-corrected chi connectivity index (χ4v) is 1.63. The highest BCUT2D eigenvalue weighted by atomic mass is 19.1. The van der Waals surface area contributed by atoms with Crippen LogP contribution in [0, 0.1) is 15.9 Å². The molecule has 0 aliphatic heterocycles. The van der Waals surface area contributed by atoms with Gasteiger partial charge in [0.2, 0.25) is 0 Å². The number of nitrogens with zero attached hydrogens (tertiary/aromatic N) is 2. The molecule has 0 saturated heterocycles. The minimum atomic E-state index is -0.627. The van der Waals surface area contributed by atoms with Gasteiger partial charge in [-0.2, -0.15) is 0 Å². The van der Waals surface area contributed by atoms with Crippen molar-refractivity contribution in [3.63, 3.8) is 0 Å². The van der Waals surface area contributed by atoms with E-state index in [9.17, 15) is 14.5 Å². The lowest BCUT2D eigenvalue weighted by atomic mass is 10.2. The first-order chi connectivity index (χ1) is 8.56. The largest absolute Gasteiger partial charge is 0.472 e. The average molecular weight is 250 g/mol. The first-order valence-electron chi connectivity index (χ1n) is 5.23. The zero-order valence-corrected chi connectivity index (χ0v) is 9.67. The van der Waals surface area contributed by atoms with Crippen molar-refractivity contribution in [2.45, 2.75) is 6.54 Å². The van der Waals surface area contributed by atoms with Gasteiger partial charge in [0.05, 0.1) is 23.5 Å². The van der Waals surface area contributed by atoms with Crippen molar-refractivity contribution < 1.29 is 13.7 Å². The second kappa shape index (κ2) is 4.87. The molecule has 0 fully saturated rings. The lowest BCUT2D eigenvalue weighted by Crippen LogP contribution is -2.16. The molecule has 94 valence electrons. The van der Waals surface area contributed by atoms with Gasteiger partial charge in [0.25, 0.3) is 5.69 Å². The number of hydrogen-bond donors (Lipinski definition) is 0. The Morgan fingerprint density at radius 2 is 2.22 bits per heavy atom. The van der Waals surface area contributed by atoms with Gasteiger partial charge in [0, 0.05) is 30.9 Å². The minimum Gasteiger partial charge on any atom is -0.472 e. The second-order valence-electron chi connectivity index (χ2n) is 3.91. The molecule has 2 rings (SSSR count). The van der Waals surface area contributed by atoms with E-state index in [0.717, 1.165) is 11.6 Å². The second-order valence-corrected chi connectivity index (χ2v) is 3.91. The maximum absolute atomic E-state index is 13.3. The lowest BCUT2D eigenvalue weighted by molar-refractivity contribution is -0.385. The SMILES string of the molecule is CN(Cc1ccoc1)c1cc(F)cc([N+](=O)[O-])c1. The van der Waals surface area contributed by atoms with Crippen LogP contribution in [0.1, 0.15) is 5.56 Å². The molecule has 18 heavy (non-hydrogen) atoms. The Hall–Kier alpha value is -2.37. The van der Waals surface area contributed by atoms with E-state index in [1.807, 2.05) is 0 Å². The highest BCUT2D eigenvalue weighted by Crippen LogP contribution is 2.23. The summed E-state index contributed by atoms with van der Waals surface area (Å²) in [5.41, 5.74) is 1.09. The molecule has 0 atom stereocenters. The summed E-state index contributed by atoms with van der Waals surface area (Å²) in [5, 5.41) is 10.7. The average Bonchev–Trinajstić information content (AvgIpc) is 2.80. The first-order valence-corrected chi connectivity index (χ1v) is 5.23. The standard InChI is InChI=1S/C12H11FN2O3/c1-14(7-9-2-3-18-8-9)11-4-10(13)5-12(6-11)15(16)17/h2-6,8H,7H2,1H3. The van der Waals surface area contributed by atoms with E-state index >= 15 is 0 Å². The van der Waals surface area contributed by atoms with Crippen molar-refractivity contribution in [3.8, 4) is 0 Å². The van der Waals surface area contributed by atoms with Crippen LogP contribution >= 0.6 is 0 Å². The molecule has 0 radical (unpaired) electrons. The van der Waals surface area contributed by atoms with Crippen LogP contribution in [0.2, 0.25) is 0 Å². The molecular weight excluding hydrogens is 239 g/mol. The van der Waals surface area contributed by atoms with Gasteiger partial charge in [-0.05, 0) is 12.1 Å². The van der Waals surface area contributed by atoms with E-state index in [4.69, 9.17) is 4.42 Å². The van der Waals surface area contributed by atoms with Gasteiger partial charge in [-0.3, -0.25) is 10.1 Å². The van der Waals surface area contributed by atoms with E-state index in [0.29, 0.717) is 12.2 Å². The van der Waals surface area contributed by atoms with Crippen LogP contribution in [0.4, 0.5) is 15.8 Å². The summed E-state index contributed by atoms with van der Waals surface area (Å²) in [5.74, 6) is -0.627. The van der Waals surface area contributed by atoms with Gasteiger partial charge in [0.15, 0.2) is 0 Å². The summed E-state index contributed by atoms with van der Waals surface area (Å²) < 4.78 is 18.2. The normalized spacial score (nSPS) is 10.3. The fraction of sp³-hybridized carbons (Fsp3) is 0.167. The number of hydrogen-bond acceptors (Lipinski definition) is 4. The van der Waals surface area contributed by atoms with Crippen molar-refractivity contribution in [3.05, 3.63) is 58.3 Å². The Labute approximate surface area is 103 Å². The number of nitro groups is 1. The molecule has 5 nitrogen and oxygen atoms in total. The Balaban J connectivity index is 2.24. The summed E-state index contributed by atoms with van der Waals surface area (Å²) in [6.07, 6.45) is 3.11. The maximum atomic E-state index is 13.3. The lowest BCUT2D eigenvalue weighted by Gasteiger charge is -2.18. The van der Waals surface area contributed by atoms with E-state index in [2.05, 4.69) is 0 Å². The smallest absolute Gasteiger partial charge is 0.274 e. The molecule has 0 unspecified atom stereocenters. The van der Waals surface area contributed by atoms with Gasteiger partial charge < -0.3 is 9.32 Å². The predicted molar refractivity (Wildman–Crippen MR) is 63.9 cm³/mol. The van der Waals surface area contributed by atoms with Gasteiger partial charge in [-0.1, -0.05) is 0 Å². The van der Waals surface area contributed by atoms with Crippen LogP contribution in [0.5, 0.6) is 0 Å². The molecule has 0 aliphatic rings. The zero-order valence-electron chi connectivity index (χ0n) is 9.67. The van der Waals surface area contributed by atoms with Crippen molar-refractivity contribution in [1.82, 2.24) is 0 Å². The fourth-order valence-electron chi connectivity index (χ4n) is 1.63. The molecule has 6 heteroatoms. The molecule has 0 spiro atoms. The molecule has 2 aromatic rings. The molecule has 0 bridgehead atoms. The number of nitro benzene ring substituents is 1. The van der Waals surface area contributed by atoms with Crippen LogP contribution in [0.15, 0.2) is 41.2 Å². The number of non-ortho nitro benzene ring substituents is 1. The third-order valence-corrected chi connectivity index (χ3v) is 2.52. The summed E-state index contributed by atoms with van der Waals surface area (Å²) in [6, 6.07) is 5.27. The quantitative estimate of drug-likeness (QED) is 0.618. The van der Waals surface area contributed by atoms with Gasteiger partial charge in [0.1, 0.15) is 5.82 Å². The zero-order chi connectivity index (χ0) is 13.1. The molecule has 1 aromatic heterocycles. The van der Waals surface area contributed by atoms with E-state index in [1.54, 1.807) is 24.3 Å². The van der Waals surface area contributed by atoms with E-state index < -0.39 is 10.7 Å². The summed E-state index contributed by atoms with van der Waals surface area (Å²) in [6.45, 7) is 0.483. The van der Waals surface area contributed by atoms with Crippen LogP contribution in [-0.4, -0.2) is 12.0 Å². The topological polar surface area (TPSA) is 59.5 Å². The minimum absolute atomic E-state index is 0.260. The van der Waals surface area contributed by atoms with E-state index in [-0.39, 0.29) is 5.69 Å². The van der Waals surface area contributed by atoms with Gasteiger partial charge >= 0.3 is 0 Å². The highest BCUT2D eigenvalue weighted by Gasteiger charge is 2.12. The van der Waals surface area contributed by atoms with Gasteiger partial charge in [-0.25, -0.2) is 4.39 Å². The Kier molecular flexibility index (Phi) is 3.27. The molecule has 0 amide bonds. The van der Waals surface area contributed by atoms with Crippen molar-refractivity contribution >= 4 is 11.4 Å². The van der Waals surface area contributed by atoms with E-state index in [1.165, 1.54) is 18.4 Å². The maximum Gasteiger partial charge on any atom is 0.274 e. The predicted octanol–water partition coefficient (Wildman–Crippen LogP) is 2.96. The van der Waals surface area contributed by atoms with Crippen LogP contribution < -0.4 is 4.90 Å². The molecule has 0 N–H and O–H groups in total. The number of furan rings is 1. The van der Waals surface area contributed by atoms with Crippen LogP contribution in [0.25, 0.3) is 0 Å². The molecule has 1 heterocycles. The Bertz CT molecular complexity index is 554. The Morgan fingerprint density at radius 1 is 1.44 bits per heavy atom. The molecular formula is C12H11FN2O3. The first kappa shape index (κ1) is 12.1. The Morgan fingerprint density at radius 3 is 2.83 bits per heavy atom. The number of rotatable bonds is 4. The number of benzene rings is 1. The molecule has 0 saturated carbocycles. The van der Waals surface area contributed by atoms with Crippen molar-refractivity contribution in [1.29, 1.82) is 0 Å².